The first-order chi connectivity index (χ1) is 17.9. The van der Waals surface area contributed by atoms with Crippen LogP contribution in [0.1, 0.15) is 86.2 Å². The molecule has 4 heteroatoms. The van der Waals surface area contributed by atoms with Crippen LogP contribution in [0, 0.1) is 0 Å². The summed E-state index contributed by atoms with van der Waals surface area (Å²) in [6.45, 7) is 13.4. The Hall–Kier alpha value is -2.68. The molecule has 0 saturated carbocycles. The Labute approximate surface area is 237 Å². The van der Waals surface area contributed by atoms with E-state index >= 15 is 0 Å². The van der Waals surface area contributed by atoms with Crippen molar-refractivity contribution in [2.45, 2.75) is 63.7 Å². The molecule has 0 amide bonds. The Morgan fingerprint density at radius 1 is 0.763 bits per heavy atom. The average molecular weight is 548 g/mol. The first kappa shape index (κ1) is 26.9. The van der Waals surface area contributed by atoms with E-state index in [-0.39, 0.29) is 22.1 Å². The molecule has 0 aromatic heterocycles. The van der Waals surface area contributed by atoms with Gasteiger partial charge in [0.15, 0.2) is 0 Å². The quantitative estimate of drug-likeness (QED) is 0.303. The normalized spacial score (nSPS) is 18.3. The van der Waals surface area contributed by atoms with Crippen LogP contribution in [-0.4, -0.2) is 14.2 Å². The van der Waals surface area contributed by atoms with Gasteiger partial charge in [-0.1, -0.05) is 89.6 Å². The fraction of sp³-hybridized carbons (Fsp3) is 0.353. The van der Waals surface area contributed by atoms with Crippen molar-refractivity contribution in [3.63, 3.8) is 0 Å². The fourth-order valence-electron chi connectivity index (χ4n) is 5.85. The van der Waals surface area contributed by atoms with Gasteiger partial charge in [-0.15, -0.1) is 11.6 Å². The second kappa shape index (κ2) is 9.50. The van der Waals surface area contributed by atoms with Crippen LogP contribution in [0.4, 0.5) is 0 Å². The van der Waals surface area contributed by atoms with Crippen LogP contribution in [0.15, 0.2) is 60.7 Å². The minimum absolute atomic E-state index is 0.0287. The molecule has 38 heavy (non-hydrogen) atoms. The predicted octanol–water partition coefficient (Wildman–Crippen LogP) is 10.00. The molecule has 198 valence electrons. The summed E-state index contributed by atoms with van der Waals surface area (Å²) in [6.07, 6.45) is 6.56. The summed E-state index contributed by atoms with van der Waals surface area (Å²) in [5, 5.41) is 0.501. The van der Waals surface area contributed by atoms with Crippen LogP contribution < -0.4 is 9.47 Å². The number of rotatable bonds is 4. The summed E-state index contributed by atoms with van der Waals surface area (Å²) < 4.78 is 11.2. The van der Waals surface area contributed by atoms with E-state index in [0.29, 0.717) is 0 Å². The van der Waals surface area contributed by atoms with E-state index in [1.807, 2.05) is 12.1 Å². The third kappa shape index (κ3) is 4.36. The lowest BCUT2D eigenvalue weighted by Gasteiger charge is -2.30. The van der Waals surface area contributed by atoms with Crippen LogP contribution in [-0.2, 0) is 10.8 Å². The molecule has 2 aliphatic rings. The lowest BCUT2D eigenvalue weighted by Crippen LogP contribution is -2.18. The van der Waals surface area contributed by atoms with Gasteiger partial charge in [0.2, 0.25) is 0 Å². The number of fused-ring (bicyclic) bond motifs is 3. The molecule has 3 aromatic rings. The van der Waals surface area contributed by atoms with Gasteiger partial charge in [0.25, 0.3) is 0 Å². The van der Waals surface area contributed by atoms with Crippen LogP contribution in [0.25, 0.3) is 16.7 Å². The van der Waals surface area contributed by atoms with Gasteiger partial charge in [0, 0.05) is 23.1 Å². The van der Waals surface area contributed by atoms with E-state index in [4.69, 9.17) is 32.7 Å². The molecule has 2 atom stereocenters. The van der Waals surface area contributed by atoms with Crippen molar-refractivity contribution in [1.29, 1.82) is 0 Å². The van der Waals surface area contributed by atoms with E-state index < -0.39 is 0 Å². The molecule has 0 heterocycles. The maximum atomic E-state index is 7.36. The number of methoxy groups -OCH3 is 2. The molecule has 2 nitrogen and oxygen atoms in total. The van der Waals surface area contributed by atoms with Crippen molar-refractivity contribution in [3.05, 3.63) is 99.1 Å². The van der Waals surface area contributed by atoms with E-state index in [9.17, 15) is 0 Å². The van der Waals surface area contributed by atoms with Crippen LogP contribution >= 0.6 is 23.2 Å². The topological polar surface area (TPSA) is 18.5 Å². The number of benzene rings is 3. The fourth-order valence-corrected chi connectivity index (χ4v) is 6.91. The monoisotopic (exact) mass is 546 g/mol. The first-order valence-corrected chi connectivity index (χ1v) is 13.9. The molecular weight excluding hydrogens is 511 g/mol. The molecule has 0 aliphatic heterocycles. The largest absolute Gasteiger partial charge is 0.497 e. The number of hydrogen-bond acceptors (Lipinski definition) is 2. The SMILES string of the molecule is COc1ccc(C2=CC=CC2c2cc3c(c(Cl)c2C(C)(C)C)C(Cl)c2cc(C(C)(C)C)ccc2-3)c(OC)c1. The van der Waals surface area contributed by atoms with E-state index in [1.165, 1.54) is 22.3 Å². The van der Waals surface area contributed by atoms with Gasteiger partial charge in [-0.2, -0.15) is 0 Å². The van der Waals surface area contributed by atoms with Crippen molar-refractivity contribution in [3.8, 4) is 22.6 Å². The summed E-state index contributed by atoms with van der Waals surface area (Å²) in [5.74, 6) is 1.58. The number of allylic oxidation sites excluding steroid dienone is 4. The van der Waals surface area contributed by atoms with E-state index in [0.717, 1.165) is 44.3 Å². The highest BCUT2D eigenvalue weighted by atomic mass is 35.5. The summed E-state index contributed by atoms with van der Waals surface area (Å²) in [5.41, 5.74) is 10.2. The molecule has 2 aliphatic carbocycles. The van der Waals surface area contributed by atoms with Crippen molar-refractivity contribution in [2.24, 2.45) is 0 Å². The maximum absolute atomic E-state index is 7.36. The van der Waals surface area contributed by atoms with Gasteiger partial charge in [-0.05, 0) is 68.0 Å². The summed E-state index contributed by atoms with van der Waals surface area (Å²) in [7, 11) is 3.37. The molecule has 0 fully saturated rings. The summed E-state index contributed by atoms with van der Waals surface area (Å²) in [6, 6.07) is 15.1. The Morgan fingerprint density at radius 3 is 2.11 bits per heavy atom. The lowest BCUT2D eigenvalue weighted by atomic mass is 9.76. The third-order valence-electron chi connectivity index (χ3n) is 7.79. The molecule has 0 spiro atoms. The van der Waals surface area contributed by atoms with Gasteiger partial charge in [-0.25, -0.2) is 0 Å². The second-order valence-corrected chi connectivity index (χ2v) is 13.1. The summed E-state index contributed by atoms with van der Waals surface area (Å²) >= 11 is 14.5. The highest BCUT2D eigenvalue weighted by Gasteiger charge is 2.37. The lowest BCUT2D eigenvalue weighted by molar-refractivity contribution is 0.393. The second-order valence-electron chi connectivity index (χ2n) is 12.3. The Morgan fingerprint density at radius 2 is 1.47 bits per heavy atom. The van der Waals surface area contributed by atoms with Crippen LogP contribution in [0.2, 0.25) is 5.02 Å². The van der Waals surface area contributed by atoms with Gasteiger partial charge in [-0.3, -0.25) is 0 Å². The zero-order valence-electron chi connectivity index (χ0n) is 23.5. The van der Waals surface area contributed by atoms with Crippen molar-refractivity contribution in [2.75, 3.05) is 14.2 Å². The van der Waals surface area contributed by atoms with Crippen molar-refractivity contribution >= 4 is 28.8 Å². The minimum atomic E-state index is -0.277. The van der Waals surface area contributed by atoms with Gasteiger partial charge < -0.3 is 9.47 Å². The molecule has 2 unspecified atom stereocenters. The predicted molar refractivity (Wildman–Crippen MR) is 161 cm³/mol. The number of hydrogen-bond donors (Lipinski definition) is 0. The Balaban J connectivity index is 1.72. The van der Waals surface area contributed by atoms with Crippen LogP contribution in [0.5, 0.6) is 11.5 Å². The zero-order chi connectivity index (χ0) is 27.6. The maximum Gasteiger partial charge on any atom is 0.130 e. The average Bonchev–Trinajstić information content (AvgIpc) is 3.45. The molecule has 3 aromatic carbocycles. The highest BCUT2D eigenvalue weighted by Crippen LogP contribution is 2.56. The highest BCUT2D eigenvalue weighted by molar-refractivity contribution is 6.35. The molecular formula is C34H36Cl2O2. The van der Waals surface area contributed by atoms with Gasteiger partial charge in [0.05, 0.1) is 24.6 Å². The number of halogens is 2. The molecule has 5 rings (SSSR count). The minimum Gasteiger partial charge on any atom is -0.497 e. The number of alkyl halides is 1. The van der Waals surface area contributed by atoms with E-state index in [1.54, 1.807) is 14.2 Å². The smallest absolute Gasteiger partial charge is 0.130 e. The third-order valence-corrected chi connectivity index (χ3v) is 8.63. The number of ether oxygens (including phenoxy) is 2. The zero-order valence-corrected chi connectivity index (χ0v) is 25.0. The molecule has 0 radical (unpaired) electrons. The first-order valence-electron chi connectivity index (χ1n) is 13.1. The van der Waals surface area contributed by atoms with Gasteiger partial charge in [0.1, 0.15) is 11.5 Å². The Bertz CT molecular complexity index is 1480. The standard InChI is InChI=1S/C34H36Cl2O2/c1-33(2,3)19-12-14-23-25-18-26(30(34(4,5)6)32(36)29(25)31(35)27(23)16-19)22-11-9-10-21(22)24-15-13-20(37-7)17-28(24)38-8/h9-18,22,31H,1-8H3. The van der Waals surface area contributed by atoms with E-state index in [2.05, 4.69) is 90.1 Å². The summed E-state index contributed by atoms with van der Waals surface area (Å²) in [4.78, 5) is 0. The van der Waals surface area contributed by atoms with Crippen molar-refractivity contribution < 1.29 is 9.47 Å². The molecule has 0 N–H and O–H groups in total. The van der Waals surface area contributed by atoms with Gasteiger partial charge >= 0.3 is 0 Å². The van der Waals surface area contributed by atoms with Crippen molar-refractivity contribution in [1.82, 2.24) is 0 Å². The molecule has 0 bridgehead atoms. The van der Waals surface area contributed by atoms with Crippen LogP contribution in [0.3, 0.4) is 0 Å². The Kier molecular flexibility index (Phi) is 6.73. The molecule has 0 saturated heterocycles.